The maximum atomic E-state index is 13.3. The standard InChI is InChI=1S/C19H19N3O4S4/c1-27-19-17(11-16(28-19)18(20)21)30(25,26)13-7-5-6-12(10-13)14-8-3-4-9-15(14)22-29(2,23)24/h3-11,22H,1-2H3,(H3,20,21). The van der Waals surface area contributed by atoms with Gasteiger partial charge in [-0.1, -0.05) is 30.3 Å². The van der Waals surface area contributed by atoms with E-state index in [1.54, 1.807) is 42.7 Å². The number of nitrogens with two attached hydrogens (primary N) is 1. The molecule has 0 saturated heterocycles. The van der Waals surface area contributed by atoms with Crippen molar-refractivity contribution in [2.45, 2.75) is 14.0 Å². The van der Waals surface area contributed by atoms with E-state index in [2.05, 4.69) is 4.72 Å². The highest BCUT2D eigenvalue weighted by molar-refractivity contribution is 8.01. The highest BCUT2D eigenvalue weighted by Crippen LogP contribution is 2.38. The van der Waals surface area contributed by atoms with E-state index in [9.17, 15) is 16.8 Å². The highest BCUT2D eigenvalue weighted by Gasteiger charge is 2.25. The third-order valence-corrected chi connectivity index (χ3v) is 9.01. The molecule has 0 spiro atoms. The summed E-state index contributed by atoms with van der Waals surface area (Å²) in [6.45, 7) is 0. The predicted octanol–water partition coefficient (Wildman–Crippen LogP) is 3.63. The van der Waals surface area contributed by atoms with Crippen LogP contribution < -0.4 is 10.5 Å². The molecule has 11 heteroatoms. The van der Waals surface area contributed by atoms with Crippen molar-refractivity contribution in [3.63, 3.8) is 0 Å². The van der Waals surface area contributed by atoms with Crippen LogP contribution in [0.2, 0.25) is 0 Å². The topological polar surface area (TPSA) is 130 Å². The normalized spacial score (nSPS) is 11.9. The molecular weight excluding hydrogens is 462 g/mol. The lowest BCUT2D eigenvalue weighted by atomic mass is 10.0. The number of anilines is 1. The number of sulfonamides is 1. The molecule has 2 aromatic carbocycles. The summed E-state index contributed by atoms with van der Waals surface area (Å²) >= 11 is 2.43. The van der Waals surface area contributed by atoms with Crippen LogP contribution in [0.3, 0.4) is 0 Å². The Morgan fingerprint density at radius 1 is 1.07 bits per heavy atom. The van der Waals surface area contributed by atoms with E-state index in [1.165, 1.54) is 30.0 Å². The molecule has 158 valence electrons. The number of hydrogen-bond donors (Lipinski definition) is 3. The lowest BCUT2D eigenvalue weighted by Gasteiger charge is -2.12. The fourth-order valence-corrected chi connectivity index (χ4v) is 7.28. The van der Waals surface area contributed by atoms with E-state index >= 15 is 0 Å². The molecule has 0 aliphatic rings. The Kier molecular flexibility index (Phi) is 6.27. The number of nitrogen functional groups attached to an aromatic ring is 1. The summed E-state index contributed by atoms with van der Waals surface area (Å²) in [7, 11) is -7.38. The molecule has 0 unspecified atom stereocenters. The molecule has 1 heterocycles. The molecule has 7 nitrogen and oxygen atoms in total. The van der Waals surface area contributed by atoms with Gasteiger partial charge in [-0.05, 0) is 36.1 Å². The minimum atomic E-state index is -3.87. The molecule has 3 rings (SSSR count). The van der Waals surface area contributed by atoms with Gasteiger partial charge in [0.1, 0.15) is 5.84 Å². The van der Waals surface area contributed by atoms with Crippen LogP contribution in [-0.4, -0.2) is 35.2 Å². The van der Waals surface area contributed by atoms with E-state index in [0.29, 0.717) is 25.9 Å². The number of rotatable bonds is 7. The molecule has 0 amide bonds. The first kappa shape index (κ1) is 22.3. The molecule has 0 saturated carbocycles. The van der Waals surface area contributed by atoms with E-state index < -0.39 is 19.9 Å². The Bertz CT molecular complexity index is 1330. The van der Waals surface area contributed by atoms with E-state index in [0.717, 1.165) is 17.6 Å². The zero-order chi connectivity index (χ0) is 22.1. The van der Waals surface area contributed by atoms with Gasteiger partial charge in [0.05, 0.1) is 30.8 Å². The van der Waals surface area contributed by atoms with Gasteiger partial charge >= 0.3 is 0 Å². The first-order valence-electron chi connectivity index (χ1n) is 8.47. The van der Waals surface area contributed by atoms with Crippen molar-refractivity contribution in [1.29, 1.82) is 5.41 Å². The van der Waals surface area contributed by atoms with Crippen LogP contribution >= 0.6 is 23.1 Å². The quantitative estimate of drug-likeness (QED) is 0.268. The first-order chi connectivity index (χ1) is 14.0. The fraction of sp³-hybridized carbons (Fsp3) is 0.105. The van der Waals surface area contributed by atoms with Gasteiger partial charge in [0, 0.05) is 5.56 Å². The molecular formula is C19H19N3O4S4. The average Bonchev–Trinajstić information content (AvgIpc) is 3.13. The van der Waals surface area contributed by atoms with Crippen LogP contribution in [0.15, 0.2) is 68.6 Å². The summed E-state index contributed by atoms with van der Waals surface area (Å²) in [5.74, 6) is -0.189. The van der Waals surface area contributed by atoms with Gasteiger partial charge in [-0.3, -0.25) is 10.1 Å². The summed E-state index contributed by atoms with van der Waals surface area (Å²) < 4.78 is 53.0. The molecule has 0 bridgehead atoms. The summed E-state index contributed by atoms with van der Waals surface area (Å²) in [4.78, 5) is 0.555. The van der Waals surface area contributed by atoms with Gasteiger partial charge in [-0.25, -0.2) is 16.8 Å². The zero-order valence-electron chi connectivity index (χ0n) is 16.0. The van der Waals surface area contributed by atoms with Gasteiger partial charge in [0.15, 0.2) is 0 Å². The second-order valence-electron chi connectivity index (χ2n) is 6.33. The molecule has 0 atom stereocenters. The Labute approximate surface area is 183 Å². The molecule has 0 fully saturated rings. The molecule has 0 aliphatic carbocycles. The average molecular weight is 482 g/mol. The summed E-state index contributed by atoms with van der Waals surface area (Å²) in [5, 5.41) is 7.60. The van der Waals surface area contributed by atoms with Crippen molar-refractivity contribution in [1.82, 2.24) is 0 Å². The molecule has 4 N–H and O–H groups in total. The predicted molar refractivity (Wildman–Crippen MR) is 123 cm³/mol. The summed E-state index contributed by atoms with van der Waals surface area (Å²) in [6.07, 6.45) is 2.82. The van der Waals surface area contributed by atoms with Crippen LogP contribution in [0.5, 0.6) is 0 Å². The number of sulfone groups is 1. The largest absolute Gasteiger partial charge is 0.383 e. The second-order valence-corrected chi connectivity index (χ2v) is 12.1. The number of nitrogens with one attached hydrogen (secondary N) is 2. The minimum Gasteiger partial charge on any atom is -0.383 e. The monoisotopic (exact) mass is 481 g/mol. The lowest BCUT2D eigenvalue weighted by molar-refractivity contribution is 0.594. The number of amidine groups is 1. The minimum absolute atomic E-state index is 0.0670. The van der Waals surface area contributed by atoms with Crippen molar-refractivity contribution in [2.24, 2.45) is 5.73 Å². The molecule has 1 aromatic heterocycles. The third-order valence-electron chi connectivity index (χ3n) is 4.08. The van der Waals surface area contributed by atoms with Gasteiger partial charge in [0.25, 0.3) is 0 Å². The number of thiophene rings is 1. The van der Waals surface area contributed by atoms with Gasteiger partial charge in [0.2, 0.25) is 19.9 Å². The molecule has 0 radical (unpaired) electrons. The Morgan fingerprint density at radius 2 is 1.77 bits per heavy atom. The Hall–Kier alpha value is -2.34. The van der Waals surface area contributed by atoms with Crippen LogP contribution in [0.25, 0.3) is 11.1 Å². The fourth-order valence-electron chi connectivity index (χ4n) is 2.80. The third kappa shape index (κ3) is 4.69. The lowest BCUT2D eigenvalue weighted by Crippen LogP contribution is -2.10. The highest BCUT2D eigenvalue weighted by atomic mass is 32.2. The number of benzene rings is 2. The van der Waals surface area contributed by atoms with E-state index in [4.69, 9.17) is 11.1 Å². The second kappa shape index (κ2) is 8.42. The van der Waals surface area contributed by atoms with Crippen molar-refractivity contribution in [2.75, 3.05) is 17.2 Å². The molecule has 0 aliphatic heterocycles. The van der Waals surface area contributed by atoms with E-state index in [-0.39, 0.29) is 15.6 Å². The van der Waals surface area contributed by atoms with Crippen LogP contribution in [-0.2, 0) is 19.9 Å². The van der Waals surface area contributed by atoms with Gasteiger partial charge < -0.3 is 5.73 Å². The Morgan fingerprint density at radius 3 is 2.40 bits per heavy atom. The van der Waals surface area contributed by atoms with Crippen molar-refractivity contribution in [3.05, 3.63) is 59.5 Å². The Balaban J connectivity index is 2.12. The smallest absolute Gasteiger partial charge is 0.229 e. The van der Waals surface area contributed by atoms with Crippen LogP contribution in [0.1, 0.15) is 4.88 Å². The first-order valence-corrected chi connectivity index (χ1v) is 13.9. The van der Waals surface area contributed by atoms with Crippen LogP contribution in [0, 0.1) is 5.41 Å². The van der Waals surface area contributed by atoms with Crippen molar-refractivity contribution < 1.29 is 16.8 Å². The number of thioether (sulfide) groups is 1. The molecule has 3 aromatic rings. The van der Waals surface area contributed by atoms with Crippen LogP contribution in [0.4, 0.5) is 5.69 Å². The van der Waals surface area contributed by atoms with Crippen molar-refractivity contribution in [3.8, 4) is 11.1 Å². The number of hydrogen-bond acceptors (Lipinski definition) is 7. The summed E-state index contributed by atoms with van der Waals surface area (Å²) in [5.41, 5.74) is 7.00. The van der Waals surface area contributed by atoms with Crippen molar-refractivity contribution >= 4 is 54.5 Å². The number of para-hydroxylation sites is 1. The maximum Gasteiger partial charge on any atom is 0.229 e. The van der Waals surface area contributed by atoms with Gasteiger partial charge in [-0.2, -0.15) is 0 Å². The zero-order valence-corrected chi connectivity index (χ0v) is 19.3. The maximum absolute atomic E-state index is 13.3. The van der Waals surface area contributed by atoms with Gasteiger partial charge in [-0.15, -0.1) is 23.1 Å². The molecule has 30 heavy (non-hydrogen) atoms. The SMILES string of the molecule is CSc1sc(C(=N)N)cc1S(=O)(=O)c1cccc(-c2ccccc2NS(C)(=O)=O)c1. The summed E-state index contributed by atoms with van der Waals surface area (Å²) in [6, 6.07) is 14.5. The van der Waals surface area contributed by atoms with E-state index in [1.807, 2.05) is 0 Å².